The first-order chi connectivity index (χ1) is 6.79. The van der Waals surface area contributed by atoms with Crippen molar-refractivity contribution in [2.75, 3.05) is 13.2 Å². The summed E-state index contributed by atoms with van der Waals surface area (Å²) in [4.78, 5) is 0. The van der Waals surface area contributed by atoms with Gasteiger partial charge in [0.1, 0.15) is 17.4 Å². The molecule has 0 amide bonds. The van der Waals surface area contributed by atoms with Gasteiger partial charge in [0.05, 0.1) is 11.6 Å². The average molecular weight is 211 g/mol. The molecule has 0 saturated heterocycles. The smallest absolute Gasteiger partial charge is 0.138 e. The van der Waals surface area contributed by atoms with E-state index in [1.807, 2.05) is 6.07 Å². The monoisotopic (exact) mass is 210 g/mol. The Morgan fingerprint density at radius 3 is 2.93 bits per heavy atom. The quantitative estimate of drug-likeness (QED) is 0.773. The number of halogens is 1. The van der Waals surface area contributed by atoms with Crippen molar-refractivity contribution in [3.05, 3.63) is 28.8 Å². The van der Waals surface area contributed by atoms with Gasteiger partial charge in [-0.25, -0.2) is 0 Å². The second-order valence-electron chi connectivity index (χ2n) is 2.72. The molecule has 0 aliphatic rings. The standard InChI is InChI=1S/C10H11ClN2O/c11-9-3-1-4-10(8(9)7-13)14-6-2-5-12/h1,3-4H,2,5-6,12H2. The molecule has 74 valence electrons. The van der Waals surface area contributed by atoms with Crippen LogP contribution in [0, 0.1) is 11.3 Å². The van der Waals surface area contributed by atoms with Gasteiger partial charge in [-0.3, -0.25) is 0 Å². The molecule has 1 aromatic rings. The van der Waals surface area contributed by atoms with Crippen LogP contribution < -0.4 is 10.5 Å². The van der Waals surface area contributed by atoms with Gasteiger partial charge in [0.25, 0.3) is 0 Å². The van der Waals surface area contributed by atoms with Gasteiger partial charge >= 0.3 is 0 Å². The van der Waals surface area contributed by atoms with Gasteiger partial charge in [-0.2, -0.15) is 5.26 Å². The van der Waals surface area contributed by atoms with Crippen molar-refractivity contribution in [2.45, 2.75) is 6.42 Å². The third-order valence-corrected chi connectivity index (χ3v) is 2.01. The summed E-state index contributed by atoms with van der Waals surface area (Å²) in [6.45, 7) is 1.08. The van der Waals surface area contributed by atoms with E-state index in [2.05, 4.69) is 0 Å². The number of nitriles is 1. The highest BCUT2D eigenvalue weighted by Crippen LogP contribution is 2.25. The minimum Gasteiger partial charge on any atom is -0.492 e. The van der Waals surface area contributed by atoms with Crippen molar-refractivity contribution >= 4 is 11.6 Å². The molecule has 14 heavy (non-hydrogen) atoms. The van der Waals surface area contributed by atoms with E-state index in [1.165, 1.54) is 0 Å². The van der Waals surface area contributed by atoms with Crippen molar-refractivity contribution in [2.24, 2.45) is 5.73 Å². The fourth-order valence-electron chi connectivity index (χ4n) is 0.999. The highest BCUT2D eigenvalue weighted by Gasteiger charge is 2.06. The number of hydrogen-bond acceptors (Lipinski definition) is 3. The Hall–Kier alpha value is -1.24. The van der Waals surface area contributed by atoms with Gasteiger partial charge in [-0.1, -0.05) is 17.7 Å². The van der Waals surface area contributed by atoms with Crippen LogP contribution >= 0.6 is 11.6 Å². The largest absolute Gasteiger partial charge is 0.492 e. The summed E-state index contributed by atoms with van der Waals surface area (Å²) in [6.07, 6.45) is 0.761. The van der Waals surface area contributed by atoms with Crippen molar-refractivity contribution in [3.8, 4) is 11.8 Å². The Morgan fingerprint density at radius 2 is 2.29 bits per heavy atom. The zero-order valence-corrected chi connectivity index (χ0v) is 8.42. The zero-order valence-electron chi connectivity index (χ0n) is 7.66. The van der Waals surface area contributed by atoms with Crippen LogP contribution in [0.15, 0.2) is 18.2 Å². The van der Waals surface area contributed by atoms with Crippen molar-refractivity contribution in [3.63, 3.8) is 0 Å². The Balaban J connectivity index is 2.76. The molecule has 0 spiro atoms. The lowest BCUT2D eigenvalue weighted by molar-refractivity contribution is 0.312. The zero-order chi connectivity index (χ0) is 10.4. The van der Waals surface area contributed by atoms with Crippen LogP contribution in [0.2, 0.25) is 5.02 Å². The third kappa shape index (κ3) is 2.63. The minimum absolute atomic E-state index is 0.381. The second-order valence-corrected chi connectivity index (χ2v) is 3.12. The first-order valence-electron chi connectivity index (χ1n) is 4.31. The molecule has 4 heteroatoms. The fraction of sp³-hybridized carbons (Fsp3) is 0.300. The molecule has 0 bridgehead atoms. The second kappa shape index (κ2) is 5.48. The molecule has 0 radical (unpaired) electrons. The van der Waals surface area contributed by atoms with E-state index in [-0.39, 0.29) is 0 Å². The van der Waals surface area contributed by atoms with Gasteiger partial charge in [0, 0.05) is 0 Å². The Labute approximate surface area is 88.0 Å². The van der Waals surface area contributed by atoms with E-state index < -0.39 is 0 Å². The maximum atomic E-state index is 8.82. The maximum Gasteiger partial charge on any atom is 0.138 e. The Kier molecular flexibility index (Phi) is 4.24. The van der Waals surface area contributed by atoms with E-state index in [0.29, 0.717) is 29.5 Å². The van der Waals surface area contributed by atoms with E-state index in [9.17, 15) is 0 Å². The summed E-state index contributed by atoms with van der Waals surface area (Å²) in [6, 6.07) is 7.14. The van der Waals surface area contributed by atoms with Gasteiger partial charge in [-0.15, -0.1) is 0 Å². The van der Waals surface area contributed by atoms with Crippen LogP contribution in [0.1, 0.15) is 12.0 Å². The molecular formula is C10H11ClN2O. The summed E-state index contributed by atoms with van der Waals surface area (Å²) in [5.74, 6) is 0.522. The molecule has 0 aliphatic carbocycles. The highest BCUT2D eigenvalue weighted by molar-refractivity contribution is 6.31. The molecule has 0 fully saturated rings. The lowest BCUT2D eigenvalue weighted by Gasteiger charge is -2.07. The summed E-state index contributed by atoms with van der Waals surface area (Å²) >= 11 is 5.82. The van der Waals surface area contributed by atoms with Gasteiger partial charge < -0.3 is 10.5 Å². The van der Waals surface area contributed by atoms with Gasteiger partial charge in [0.2, 0.25) is 0 Å². The molecule has 1 aromatic carbocycles. The van der Waals surface area contributed by atoms with Crippen LogP contribution in [0.3, 0.4) is 0 Å². The first-order valence-corrected chi connectivity index (χ1v) is 4.69. The van der Waals surface area contributed by atoms with E-state index in [4.69, 9.17) is 27.3 Å². The summed E-state index contributed by atoms with van der Waals surface area (Å²) in [7, 11) is 0. The summed E-state index contributed by atoms with van der Waals surface area (Å²) in [5, 5.41) is 9.23. The van der Waals surface area contributed by atoms with Crippen LogP contribution in [0.25, 0.3) is 0 Å². The third-order valence-electron chi connectivity index (χ3n) is 1.69. The molecule has 0 unspecified atom stereocenters. The summed E-state index contributed by atoms with van der Waals surface area (Å²) < 4.78 is 5.36. The molecular weight excluding hydrogens is 200 g/mol. The first kappa shape index (κ1) is 10.8. The van der Waals surface area contributed by atoms with E-state index >= 15 is 0 Å². The molecule has 2 N–H and O–H groups in total. The topological polar surface area (TPSA) is 59.0 Å². The fourth-order valence-corrected chi connectivity index (χ4v) is 1.21. The molecule has 0 aromatic heterocycles. The maximum absolute atomic E-state index is 8.82. The molecule has 3 nitrogen and oxygen atoms in total. The Bertz CT molecular complexity index is 346. The predicted molar refractivity (Wildman–Crippen MR) is 55.3 cm³/mol. The number of benzene rings is 1. The highest BCUT2D eigenvalue weighted by atomic mass is 35.5. The number of hydrogen-bond donors (Lipinski definition) is 1. The molecule has 0 atom stereocenters. The van der Waals surface area contributed by atoms with Gasteiger partial charge in [0.15, 0.2) is 0 Å². The van der Waals surface area contributed by atoms with Crippen LogP contribution in [-0.4, -0.2) is 13.2 Å². The average Bonchev–Trinajstić information content (AvgIpc) is 2.18. The number of ether oxygens (including phenoxy) is 1. The van der Waals surface area contributed by atoms with Crippen molar-refractivity contribution in [1.82, 2.24) is 0 Å². The van der Waals surface area contributed by atoms with Crippen LogP contribution in [0.4, 0.5) is 0 Å². The molecule has 0 aliphatic heterocycles. The SMILES string of the molecule is N#Cc1c(Cl)cccc1OCCCN. The lowest BCUT2D eigenvalue weighted by Crippen LogP contribution is -2.06. The molecule has 1 rings (SSSR count). The summed E-state index contributed by atoms with van der Waals surface area (Å²) in [5.41, 5.74) is 5.70. The van der Waals surface area contributed by atoms with Crippen LogP contribution in [-0.2, 0) is 0 Å². The number of rotatable bonds is 4. The van der Waals surface area contributed by atoms with E-state index in [1.54, 1.807) is 18.2 Å². The van der Waals surface area contributed by atoms with Gasteiger partial charge in [-0.05, 0) is 25.1 Å². The normalized spacial score (nSPS) is 9.50. The molecule has 0 heterocycles. The van der Waals surface area contributed by atoms with Crippen molar-refractivity contribution < 1.29 is 4.74 Å². The number of nitrogens with zero attached hydrogens (tertiary/aromatic N) is 1. The minimum atomic E-state index is 0.381. The van der Waals surface area contributed by atoms with E-state index in [0.717, 1.165) is 6.42 Å². The van der Waals surface area contributed by atoms with Crippen molar-refractivity contribution in [1.29, 1.82) is 5.26 Å². The van der Waals surface area contributed by atoms with Crippen LogP contribution in [0.5, 0.6) is 5.75 Å². The number of nitrogens with two attached hydrogens (primary N) is 1. The predicted octanol–water partition coefficient (Wildman–Crippen LogP) is 1.94. The molecule has 0 saturated carbocycles. The lowest BCUT2D eigenvalue weighted by atomic mass is 10.2. The Morgan fingerprint density at radius 1 is 1.50 bits per heavy atom.